The Balaban J connectivity index is 1.54. The molecule has 2 N–H and O–H groups in total. The van der Waals surface area contributed by atoms with Gasteiger partial charge >= 0.3 is 0 Å². The van der Waals surface area contributed by atoms with Gasteiger partial charge in [0.1, 0.15) is 11.5 Å². The third kappa shape index (κ3) is 3.90. The molecule has 0 heterocycles. The summed E-state index contributed by atoms with van der Waals surface area (Å²) in [6.45, 7) is 5.94. The van der Waals surface area contributed by atoms with Crippen LogP contribution in [-0.4, -0.2) is 10.2 Å². The van der Waals surface area contributed by atoms with E-state index in [9.17, 15) is 15.1 Å². The number of fused-ring (bicyclic) bond motifs is 2. The van der Waals surface area contributed by atoms with Crippen molar-refractivity contribution in [2.75, 3.05) is 0 Å². The van der Waals surface area contributed by atoms with Crippen LogP contribution in [0.15, 0.2) is 64.5 Å². The van der Waals surface area contributed by atoms with E-state index in [1.54, 1.807) is 0 Å². The van der Waals surface area contributed by atoms with Gasteiger partial charge in [-0.1, -0.05) is 35.9 Å². The van der Waals surface area contributed by atoms with Crippen molar-refractivity contribution < 1.29 is 10.2 Å². The lowest BCUT2D eigenvalue weighted by molar-refractivity contribution is 0.240. The molecule has 0 amide bonds. The summed E-state index contributed by atoms with van der Waals surface area (Å²) in [5, 5.41) is 23.5. The van der Waals surface area contributed by atoms with E-state index in [-0.39, 0.29) is 5.92 Å². The van der Waals surface area contributed by atoms with Crippen LogP contribution in [-0.2, 0) is 0 Å². The van der Waals surface area contributed by atoms with E-state index < -0.39 is 0 Å². The number of aromatic hydroxyl groups is 2. The highest BCUT2D eigenvalue weighted by Gasteiger charge is 2.50. The van der Waals surface area contributed by atoms with Gasteiger partial charge in [-0.3, -0.25) is 0 Å². The van der Waals surface area contributed by atoms with E-state index in [0.717, 1.165) is 35.5 Å². The Morgan fingerprint density at radius 3 is 2.03 bits per heavy atom. The molecular weight excluding hydrogens is 410 g/mol. The van der Waals surface area contributed by atoms with Gasteiger partial charge in [0.2, 0.25) is 0 Å². The SMILES string of the molecule is CC1=C(N=O)CCC(C2CC3CC2C(C(c2ccc(O)c(C)c2)c2ccc(O)c(C)c2)C3)=C1. The quantitative estimate of drug-likeness (QED) is 0.477. The van der Waals surface area contributed by atoms with Crippen LogP contribution in [0.25, 0.3) is 0 Å². The Hall–Kier alpha value is -2.88. The van der Waals surface area contributed by atoms with Crippen molar-refractivity contribution in [1.82, 2.24) is 0 Å². The van der Waals surface area contributed by atoms with Gasteiger partial charge in [-0.25, -0.2) is 0 Å². The number of benzene rings is 2. The molecule has 33 heavy (non-hydrogen) atoms. The molecule has 4 nitrogen and oxygen atoms in total. The summed E-state index contributed by atoms with van der Waals surface area (Å²) < 4.78 is 0. The molecular formula is C29H33NO3. The fourth-order valence-electron chi connectivity index (χ4n) is 6.95. The van der Waals surface area contributed by atoms with Gasteiger partial charge in [0.15, 0.2) is 0 Å². The Labute approximate surface area is 196 Å². The molecule has 3 aliphatic carbocycles. The zero-order valence-corrected chi connectivity index (χ0v) is 19.7. The molecule has 3 aliphatic rings. The third-order valence-electron chi connectivity index (χ3n) is 8.55. The molecule has 0 saturated heterocycles. The maximum absolute atomic E-state index is 11.1. The van der Waals surface area contributed by atoms with E-state index in [1.807, 2.05) is 32.9 Å². The first-order valence-corrected chi connectivity index (χ1v) is 12.2. The summed E-state index contributed by atoms with van der Waals surface area (Å²) in [6, 6.07) is 12.1. The summed E-state index contributed by atoms with van der Waals surface area (Å²) in [4.78, 5) is 11.1. The molecule has 2 aromatic carbocycles. The molecule has 0 spiro atoms. The van der Waals surface area contributed by atoms with Gasteiger partial charge in [-0.05, 0) is 122 Å². The molecule has 2 fully saturated rings. The summed E-state index contributed by atoms with van der Waals surface area (Å²) in [6.07, 6.45) is 7.68. The lowest BCUT2D eigenvalue weighted by Crippen LogP contribution is -2.28. The number of nitrogens with zero attached hydrogens (tertiary/aromatic N) is 1. The van der Waals surface area contributed by atoms with Crippen molar-refractivity contribution in [2.45, 2.75) is 58.8 Å². The molecule has 2 saturated carbocycles. The molecule has 4 unspecified atom stereocenters. The highest BCUT2D eigenvalue weighted by Crippen LogP contribution is 2.60. The summed E-state index contributed by atoms with van der Waals surface area (Å²) in [5.74, 6) is 3.31. The first kappa shape index (κ1) is 21.9. The Morgan fingerprint density at radius 1 is 0.879 bits per heavy atom. The predicted octanol–water partition coefficient (Wildman–Crippen LogP) is 7.27. The molecule has 5 rings (SSSR count). The van der Waals surface area contributed by atoms with E-state index in [0.29, 0.717) is 34.9 Å². The summed E-state index contributed by atoms with van der Waals surface area (Å²) in [7, 11) is 0. The minimum Gasteiger partial charge on any atom is -0.508 e. The largest absolute Gasteiger partial charge is 0.508 e. The summed E-state index contributed by atoms with van der Waals surface area (Å²) >= 11 is 0. The van der Waals surface area contributed by atoms with E-state index in [2.05, 4.69) is 35.5 Å². The lowest BCUT2D eigenvalue weighted by atomic mass is 9.67. The van der Waals surface area contributed by atoms with Crippen LogP contribution in [0, 0.1) is 42.4 Å². The van der Waals surface area contributed by atoms with Crippen molar-refractivity contribution in [2.24, 2.45) is 28.8 Å². The number of allylic oxidation sites excluding steroid dienone is 4. The van der Waals surface area contributed by atoms with Crippen molar-refractivity contribution in [1.29, 1.82) is 0 Å². The van der Waals surface area contributed by atoms with Crippen molar-refractivity contribution in [3.8, 4) is 11.5 Å². The Kier molecular flexibility index (Phi) is 5.64. The standard InChI is InChI=1S/C29H33NO3/c1-16-10-20(4-7-26(16)30-33)23-13-19-14-24(23)25(15-19)29(21-5-8-27(31)17(2)11-21)22-6-9-28(32)18(3)12-22/h5-6,8-12,19,23-25,29,31-32H,4,7,13-15H2,1-3H3. The Bertz CT molecular complexity index is 1110. The van der Waals surface area contributed by atoms with E-state index >= 15 is 0 Å². The molecule has 0 radical (unpaired) electrons. The third-order valence-corrected chi connectivity index (χ3v) is 8.55. The van der Waals surface area contributed by atoms with E-state index in [1.165, 1.54) is 36.0 Å². The van der Waals surface area contributed by atoms with Gasteiger partial charge in [-0.15, -0.1) is 4.91 Å². The first-order valence-electron chi connectivity index (χ1n) is 12.2. The summed E-state index contributed by atoms with van der Waals surface area (Å²) in [5.41, 5.74) is 7.52. The number of phenols is 2. The van der Waals surface area contributed by atoms with Gasteiger partial charge in [0, 0.05) is 5.92 Å². The minimum absolute atomic E-state index is 0.231. The average molecular weight is 444 g/mol. The maximum Gasteiger partial charge on any atom is 0.118 e. The molecule has 2 aromatic rings. The molecule has 0 aromatic heterocycles. The highest BCUT2D eigenvalue weighted by molar-refractivity contribution is 5.45. The average Bonchev–Trinajstić information content (AvgIpc) is 3.40. The Morgan fingerprint density at radius 2 is 1.52 bits per heavy atom. The van der Waals surface area contributed by atoms with Crippen LogP contribution in [0.1, 0.15) is 67.2 Å². The number of nitroso groups, excluding NO2 is 1. The smallest absolute Gasteiger partial charge is 0.118 e. The second-order valence-electron chi connectivity index (χ2n) is 10.5. The van der Waals surface area contributed by atoms with E-state index in [4.69, 9.17) is 0 Å². The number of rotatable bonds is 5. The van der Waals surface area contributed by atoms with Crippen LogP contribution in [0.4, 0.5) is 0 Å². The van der Waals surface area contributed by atoms with Gasteiger partial charge in [-0.2, -0.15) is 0 Å². The molecule has 172 valence electrons. The zero-order valence-electron chi connectivity index (χ0n) is 19.7. The van der Waals surface area contributed by atoms with Crippen LogP contribution in [0.3, 0.4) is 0 Å². The van der Waals surface area contributed by atoms with Gasteiger partial charge in [0.25, 0.3) is 0 Å². The van der Waals surface area contributed by atoms with Crippen molar-refractivity contribution in [3.05, 3.63) is 86.5 Å². The fourth-order valence-corrected chi connectivity index (χ4v) is 6.95. The van der Waals surface area contributed by atoms with Crippen molar-refractivity contribution in [3.63, 3.8) is 0 Å². The van der Waals surface area contributed by atoms with Crippen molar-refractivity contribution >= 4 is 0 Å². The monoisotopic (exact) mass is 443 g/mol. The second kappa shape index (κ2) is 8.48. The minimum atomic E-state index is 0.231. The molecule has 4 atom stereocenters. The number of hydrogen-bond acceptors (Lipinski definition) is 4. The predicted molar refractivity (Wildman–Crippen MR) is 131 cm³/mol. The molecule has 0 aliphatic heterocycles. The number of hydrogen-bond donors (Lipinski definition) is 2. The number of aryl methyl sites for hydroxylation is 2. The molecule has 2 bridgehead atoms. The fraction of sp³-hybridized carbons (Fsp3) is 0.448. The maximum atomic E-state index is 11.1. The van der Waals surface area contributed by atoms with Gasteiger partial charge in [0.05, 0.1) is 5.70 Å². The first-order chi connectivity index (χ1) is 15.9. The van der Waals surface area contributed by atoms with Crippen LogP contribution >= 0.6 is 0 Å². The molecule has 4 heteroatoms. The number of phenolic OH excluding ortho intramolecular Hbond substituents is 2. The van der Waals surface area contributed by atoms with Gasteiger partial charge < -0.3 is 10.2 Å². The second-order valence-corrected chi connectivity index (χ2v) is 10.5. The highest BCUT2D eigenvalue weighted by atomic mass is 16.3. The topological polar surface area (TPSA) is 69.9 Å². The van der Waals surface area contributed by atoms with Crippen LogP contribution in [0.2, 0.25) is 0 Å². The zero-order chi connectivity index (χ0) is 23.3. The van der Waals surface area contributed by atoms with Crippen LogP contribution in [0.5, 0.6) is 11.5 Å². The normalized spacial score (nSPS) is 26.7. The lowest BCUT2D eigenvalue weighted by Gasteiger charge is -2.38. The van der Waals surface area contributed by atoms with Crippen LogP contribution < -0.4 is 0 Å².